The Morgan fingerprint density at radius 3 is 2.43 bits per heavy atom. The molecule has 6 heteroatoms. The molecule has 0 heterocycles. The standard InChI is InChI=1S/C8H4ClF3O2/c9-6-7(11)3(2-5(13)14)1-4(10)8(6)12/h1H,2H2,(H,13,14). The number of carboxylic acid groups (broad SMARTS) is 1. The Bertz CT molecular complexity index is 393. The highest BCUT2D eigenvalue weighted by Crippen LogP contribution is 2.24. The Hall–Kier alpha value is -1.23. The Balaban J connectivity index is 3.25. The molecule has 0 saturated carbocycles. The third-order valence-electron chi connectivity index (χ3n) is 1.52. The van der Waals surface area contributed by atoms with Gasteiger partial charge in [0.05, 0.1) is 6.42 Å². The van der Waals surface area contributed by atoms with E-state index < -0.39 is 40.4 Å². The highest BCUT2D eigenvalue weighted by molar-refractivity contribution is 6.31. The van der Waals surface area contributed by atoms with Crippen molar-refractivity contribution < 1.29 is 23.1 Å². The van der Waals surface area contributed by atoms with Crippen LogP contribution in [0.25, 0.3) is 0 Å². The lowest BCUT2D eigenvalue weighted by Crippen LogP contribution is -2.05. The van der Waals surface area contributed by atoms with Crippen LogP contribution in [0.15, 0.2) is 6.07 Å². The quantitative estimate of drug-likeness (QED) is 0.619. The molecule has 0 aliphatic rings. The lowest BCUT2D eigenvalue weighted by molar-refractivity contribution is -0.136. The third-order valence-corrected chi connectivity index (χ3v) is 1.85. The van der Waals surface area contributed by atoms with Gasteiger partial charge in [0, 0.05) is 5.56 Å². The van der Waals surface area contributed by atoms with Crippen molar-refractivity contribution in [3.8, 4) is 0 Å². The topological polar surface area (TPSA) is 37.3 Å². The Morgan fingerprint density at radius 2 is 1.93 bits per heavy atom. The molecule has 76 valence electrons. The Kier molecular flexibility index (Phi) is 3.00. The Morgan fingerprint density at radius 1 is 1.36 bits per heavy atom. The van der Waals surface area contributed by atoms with Crippen LogP contribution in [0.2, 0.25) is 5.02 Å². The molecular formula is C8H4ClF3O2. The first kappa shape index (κ1) is 10.8. The molecule has 0 atom stereocenters. The van der Waals surface area contributed by atoms with Gasteiger partial charge in [0.25, 0.3) is 0 Å². The number of aliphatic carboxylic acids is 1. The molecule has 0 aliphatic heterocycles. The van der Waals surface area contributed by atoms with Gasteiger partial charge in [-0.1, -0.05) is 11.6 Å². The van der Waals surface area contributed by atoms with Crippen LogP contribution in [0.1, 0.15) is 5.56 Å². The number of halogens is 4. The summed E-state index contributed by atoms with van der Waals surface area (Å²) in [6.45, 7) is 0. The fourth-order valence-corrected chi connectivity index (χ4v) is 1.13. The molecule has 0 spiro atoms. The molecule has 1 aromatic rings. The molecule has 0 amide bonds. The summed E-state index contributed by atoms with van der Waals surface area (Å²) >= 11 is 5.09. The second kappa shape index (κ2) is 3.88. The van der Waals surface area contributed by atoms with Gasteiger partial charge in [-0.3, -0.25) is 4.79 Å². The van der Waals surface area contributed by atoms with Crippen molar-refractivity contribution in [2.24, 2.45) is 0 Å². The van der Waals surface area contributed by atoms with Crippen molar-refractivity contribution in [1.29, 1.82) is 0 Å². The maximum atomic E-state index is 13.0. The highest BCUT2D eigenvalue weighted by Gasteiger charge is 2.18. The maximum Gasteiger partial charge on any atom is 0.307 e. The van der Waals surface area contributed by atoms with Gasteiger partial charge in [-0.25, -0.2) is 13.2 Å². The summed E-state index contributed by atoms with van der Waals surface area (Å²) in [7, 11) is 0. The number of rotatable bonds is 2. The zero-order chi connectivity index (χ0) is 10.9. The summed E-state index contributed by atoms with van der Waals surface area (Å²) in [6.07, 6.45) is -0.747. The average Bonchev–Trinajstić information content (AvgIpc) is 2.10. The molecule has 0 unspecified atom stereocenters. The van der Waals surface area contributed by atoms with E-state index >= 15 is 0 Å². The van der Waals surface area contributed by atoms with Crippen LogP contribution in [-0.2, 0) is 11.2 Å². The van der Waals surface area contributed by atoms with Crippen LogP contribution >= 0.6 is 11.6 Å². The van der Waals surface area contributed by atoms with Gasteiger partial charge in [0.1, 0.15) is 10.8 Å². The van der Waals surface area contributed by atoms with Crippen LogP contribution < -0.4 is 0 Å². The van der Waals surface area contributed by atoms with E-state index in [4.69, 9.17) is 16.7 Å². The summed E-state index contributed by atoms with van der Waals surface area (Å²) in [5, 5.41) is 7.29. The maximum absolute atomic E-state index is 13.0. The third kappa shape index (κ3) is 1.98. The minimum atomic E-state index is -1.52. The van der Waals surface area contributed by atoms with Gasteiger partial charge in [-0.15, -0.1) is 0 Å². The molecule has 0 saturated heterocycles. The molecular weight excluding hydrogens is 221 g/mol. The van der Waals surface area contributed by atoms with Gasteiger partial charge in [-0.2, -0.15) is 0 Å². The second-order valence-electron chi connectivity index (χ2n) is 2.53. The SMILES string of the molecule is O=C(O)Cc1cc(F)c(F)c(Cl)c1F. The largest absolute Gasteiger partial charge is 0.481 e. The first-order valence-corrected chi connectivity index (χ1v) is 3.85. The van der Waals surface area contributed by atoms with Crippen molar-refractivity contribution in [3.05, 3.63) is 34.1 Å². The molecule has 1 rings (SSSR count). The Labute approximate surface area is 81.9 Å². The minimum Gasteiger partial charge on any atom is -0.481 e. The predicted octanol–water partition coefficient (Wildman–Crippen LogP) is 2.38. The number of carbonyl (C=O) groups is 1. The molecule has 0 radical (unpaired) electrons. The molecule has 0 fully saturated rings. The van der Waals surface area contributed by atoms with Crippen molar-refractivity contribution in [3.63, 3.8) is 0 Å². The smallest absolute Gasteiger partial charge is 0.307 e. The summed E-state index contributed by atoms with van der Waals surface area (Å²) in [6, 6.07) is 0.477. The van der Waals surface area contributed by atoms with Gasteiger partial charge in [0.2, 0.25) is 0 Å². The first-order valence-electron chi connectivity index (χ1n) is 3.47. The van der Waals surface area contributed by atoms with Gasteiger partial charge >= 0.3 is 5.97 Å². The molecule has 0 aromatic heterocycles. The van der Waals surface area contributed by atoms with Crippen LogP contribution in [-0.4, -0.2) is 11.1 Å². The minimum absolute atomic E-state index is 0.477. The van der Waals surface area contributed by atoms with Gasteiger partial charge in [-0.05, 0) is 6.07 Å². The van der Waals surface area contributed by atoms with E-state index in [2.05, 4.69) is 0 Å². The molecule has 1 N–H and O–H groups in total. The summed E-state index contributed by atoms with van der Waals surface area (Å²) in [5.74, 6) is -5.48. The van der Waals surface area contributed by atoms with E-state index in [9.17, 15) is 18.0 Å². The zero-order valence-corrected chi connectivity index (χ0v) is 7.41. The van der Waals surface area contributed by atoms with Crippen LogP contribution in [0, 0.1) is 17.5 Å². The lowest BCUT2D eigenvalue weighted by atomic mass is 10.1. The van der Waals surface area contributed by atoms with Crippen molar-refractivity contribution in [2.75, 3.05) is 0 Å². The van der Waals surface area contributed by atoms with E-state index in [-0.39, 0.29) is 0 Å². The van der Waals surface area contributed by atoms with E-state index in [1.807, 2.05) is 0 Å². The monoisotopic (exact) mass is 224 g/mol. The van der Waals surface area contributed by atoms with Crippen LogP contribution in [0.3, 0.4) is 0 Å². The number of carboxylic acids is 1. The van der Waals surface area contributed by atoms with Crippen LogP contribution in [0.4, 0.5) is 13.2 Å². The van der Waals surface area contributed by atoms with E-state index in [0.717, 1.165) is 0 Å². The van der Waals surface area contributed by atoms with Gasteiger partial charge in [0.15, 0.2) is 11.6 Å². The highest BCUT2D eigenvalue weighted by atomic mass is 35.5. The van der Waals surface area contributed by atoms with E-state index in [0.29, 0.717) is 6.07 Å². The molecule has 2 nitrogen and oxygen atoms in total. The van der Waals surface area contributed by atoms with Gasteiger partial charge < -0.3 is 5.11 Å². The second-order valence-corrected chi connectivity index (χ2v) is 2.91. The van der Waals surface area contributed by atoms with E-state index in [1.165, 1.54) is 0 Å². The lowest BCUT2D eigenvalue weighted by Gasteiger charge is -2.03. The van der Waals surface area contributed by atoms with Crippen molar-refractivity contribution in [2.45, 2.75) is 6.42 Å². The molecule has 14 heavy (non-hydrogen) atoms. The molecule has 1 aromatic carbocycles. The van der Waals surface area contributed by atoms with E-state index in [1.54, 1.807) is 0 Å². The number of hydrogen-bond donors (Lipinski definition) is 1. The zero-order valence-electron chi connectivity index (χ0n) is 6.65. The normalized spacial score (nSPS) is 10.3. The predicted molar refractivity (Wildman–Crippen MR) is 42.7 cm³/mol. The first-order chi connectivity index (χ1) is 6.43. The van der Waals surface area contributed by atoms with Crippen molar-refractivity contribution in [1.82, 2.24) is 0 Å². The average molecular weight is 225 g/mol. The summed E-state index contributed by atoms with van der Waals surface area (Å²) in [5.41, 5.74) is -0.485. The number of hydrogen-bond acceptors (Lipinski definition) is 1. The van der Waals surface area contributed by atoms with Crippen molar-refractivity contribution >= 4 is 17.6 Å². The fraction of sp³-hybridized carbons (Fsp3) is 0.125. The fourth-order valence-electron chi connectivity index (χ4n) is 0.913. The number of benzene rings is 1. The summed E-state index contributed by atoms with van der Waals surface area (Å²) in [4.78, 5) is 10.2. The van der Waals surface area contributed by atoms with Crippen LogP contribution in [0.5, 0.6) is 0 Å². The summed E-state index contributed by atoms with van der Waals surface area (Å²) < 4.78 is 38.3. The molecule has 0 aliphatic carbocycles. The molecule has 0 bridgehead atoms.